The van der Waals surface area contributed by atoms with E-state index in [1.165, 1.54) is 0 Å². The molecule has 0 aromatic heterocycles. The summed E-state index contributed by atoms with van der Waals surface area (Å²) in [6.07, 6.45) is 6.33. The van der Waals surface area contributed by atoms with Gasteiger partial charge in [0.2, 0.25) is 0 Å². The van der Waals surface area contributed by atoms with Crippen LogP contribution in [0.15, 0.2) is 0 Å². The minimum Gasteiger partial charge on any atom is -0.433 e. The van der Waals surface area contributed by atoms with E-state index in [-0.39, 0.29) is 0 Å². The second-order valence-electron chi connectivity index (χ2n) is 3.21. The molecule has 0 spiro atoms. The molecular formula is C10H16O2. The Bertz CT molecular complexity index is 184. The zero-order chi connectivity index (χ0) is 9.45. The zero-order valence-electron chi connectivity index (χ0n) is 8.02. The molecule has 0 amide bonds. The van der Waals surface area contributed by atoms with E-state index in [1.54, 1.807) is 13.8 Å². The van der Waals surface area contributed by atoms with Gasteiger partial charge in [0.1, 0.15) is 6.11 Å². The summed E-state index contributed by atoms with van der Waals surface area (Å²) in [6.45, 7) is 5.49. The molecule has 0 unspecified atom stereocenters. The summed E-state index contributed by atoms with van der Waals surface area (Å²) in [5, 5.41) is 0. The van der Waals surface area contributed by atoms with Crippen molar-refractivity contribution in [2.75, 3.05) is 0 Å². The predicted octanol–water partition coefficient (Wildman–Crippen LogP) is 2.13. The average Bonchev–Trinajstić information content (AvgIpc) is 2.04. The van der Waals surface area contributed by atoms with Crippen LogP contribution in [0.2, 0.25) is 0 Å². The van der Waals surface area contributed by atoms with E-state index in [2.05, 4.69) is 19.0 Å². The normalized spacial score (nSPS) is 9.92. The van der Waals surface area contributed by atoms with Gasteiger partial charge in [0.25, 0.3) is 0 Å². The molecule has 0 aromatic rings. The van der Waals surface area contributed by atoms with Crippen molar-refractivity contribution < 1.29 is 9.53 Å². The molecule has 0 rings (SSSR count). The summed E-state index contributed by atoms with van der Waals surface area (Å²) in [4.78, 5) is 10.4. The van der Waals surface area contributed by atoms with Crippen LogP contribution >= 0.6 is 0 Å². The molecule has 0 atom stereocenters. The first-order valence-corrected chi connectivity index (χ1v) is 4.24. The lowest BCUT2D eigenvalue weighted by Gasteiger charge is -2.12. The lowest BCUT2D eigenvalue weighted by Crippen LogP contribution is -2.23. The van der Waals surface area contributed by atoms with Crippen LogP contribution < -0.4 is 0 Å². The summed E-state index contributed by atoms with van der Waals surface area (Å²) in [5.74, 6) is 2.85. The number of rotatable bonds is 4. The number of hydrogen-bond acceptors (Lipinski definition) is 2. The molecule has 2 nitrogen and oxygen atoms in total. The Hall–Kier alpha value is -0.970. The van der Waals surface area contributed by atoms with Crippen LogP contribution in [0.5, 0.6) is 0 Å². The van der Waals surface area contributed by atoms with Crippen LogP contribution in [0.25, 0.3) is 0 Å². The molecule has 0 saturated carbocycles. The number of hydrogen-bond donors (Lipinski definition) is 0. The van der Waals surface area contributed by atoms with E-state index in [4.69, 9.17) is 4.74 Å². The highest BCUT2D eigenvalue weighted by molar-refractivity contribution is 5.61. The first-order valence-electron chi connectivity index (χ1n) is 4.24. The maximum Gasteiger partial charge on any atom is 0.170 e. The molecule has 12 heavy (non-hydrogen) atoms. The van der Waals surface area contributed by atoms with Crippen LogP contribution in [0.4, 0.5) is 0 Å². The monoisotopic (exact) mass is 168 g/mol. The van der Waals surface area contributed by atoms with Crippen LogP contribution in [0.1, 0.15) is 40.0 Å². The summed E-state index contributed by atoms with van der Waals surface area (Å²) in [6, 6.07) is 0. The van der Waals surface area contributed by atoms with Crippen molar-refractivity contribution >= 4 is 6.29 Å². The molecule has 0 saturated heterocycles. The van der Waals surface area contributed by atoms with Gasteiger partial charge in [-0.25, -0.2) is 0 Å². The predicted molar refractivity (Wildman–Crippen MR) is 48.5 cm³/mol. The molecule has 0 fully saturated rings. The van der Waals surface area contributed by atoms with Crippen molar-refractivity contribution in [1.82, 2.24) is 0 Å². The highest BCUT2D eigenvalue weighted by atomic mass is 16.5. The molecule has 0 aliphatic carbocycles. The molecule has 68 valence electrons. The maximum atomic E-state index is 10.4. The first-order chi connectivity index (χ1) is 5.62. The number of aldehydes is 1. The minimum atomic E-state index is -0.765. The van der Waals surface area contributed by atoms with Crippen molar-refractivity contribution in [1.29, 1.82) is 0 Å². The Morgan fingerprint density at radius 1 is 1.50 bits per heavy atom. The van der Waals surface area contributed by atoms with Crippen molar-refractivity contribution in [3.63, 3.8) is 0 Å². The second-order valence-corrected chi connectivity index (χ2v) is 3.21. The Morgan fingerprint density at radius 3 is 2.67 bits per heavy atom. The third-order valence-corrected chi connectivity index (χ3v) is 1.33. The number of unbranched alkanes of at least 4 members (excludes halogenated alkanes) is 2. The van der Waals surface area contributed by atoms with Crippen LogP contribution in [-0.4, -0.2) is 11.9 Å². The van der Waals surface area contributed by atoms with E-state index in [0.29, 0.717) is 0 Å². The van der Waals surface area contributed by atoms with Crippen LogP contribution in [-0.2, 0) is 9.53 Å². The fourth-order valence-corrected chi connectivity index (χ4v) is 0.508. The number of carbonyl (C=O) groups is 1. The highest BCUT2D eigenvalue weighted by Crippen LogP contribution is 2.02. The van der Waals surface area contributed by atoms with Gasteiger partial charge in [0.15, 0.2) is 11.9 Å². The standard InChI is InChI=1S/C10H16O2/c1-4-5-6-7-8-12-10(2,3)9-11/h9H,4-6H2,1-3H3. The minimum absolute atomic E-state index is 0.751. The fraction of sp³-hybridized carbons (Fsp3) is 0.700. The lowest BCUT2D eigenvalue weighted by atomic mass is 10.2. The third-order valence-electron chi connectivity index (χ3n) is 1.33. The molecule has 0 aliphatic rings. The van der Waals surface area contributed by atoms with E-state index in [0.717, 1.165) is 25.5 Å². The summed E-state index contributed by atoms with van der Waals surface area (Å²) in [5.41, 5.74) is -0.765. The second kappa shape index (κ2) is 5.65. The topological polar surface area (TPSA) is 26.3 Å². The smallest absolute Gasteiger partial charge is 0.170 e. The van der Waals surface area contributed by atoms with Crippen LogP contribution in [0.3, 0.4) is 0 Å². The molecule has 0 N–H and O–H groups in total. The van der Waals surface area contributed by atoms with E-state index < -0.39 is 5.60 Å². The molecule has 0 bridgehead atoms. The van der Waals surface area contributed by atoms with E-state index in [9.17, 15) is 4.79 Å². The van der Waals surface area contributed by atoms with Crippen LogP contribution in [0, 0.1) is 12.0 Å². The molecule has 0 aromatic carbocycles. The van der Waals surface area contributed by atoms with Crippen molar-refractivity contribution in [2.24, 2.45) is 0 Å². The number of ether oxygens (including phenoxy) is 1. The summed E-state index contributed by atoms with van der Waals surface area (Å²) < 4.78 is 5.00. The van der Waals surface area contributed by atoms with Gasteiger partial charge in [0, 0.05) is 6.42 Å². The van der Waals surface area contributed by atoms with Crippen molar-refractivity contribution in [2.45, 2.75) is 45.6 Å². The highest BCUT2D eigenvalue weighted by Gasteiger charge is 2.15. The van der Waals surface area contributed by atoms with Gasteiger partial charge in [-0.15, -0.1) is 0 Å². The van der Waals surface area contributed by atoms with Gasteiger partial charge < -0.3 is 4.74 Å². The lowest BCUT2D eigenvalue weighted by molar-refractivity contribution is -0.120. The number of carbonyl (C=O) groups excluding carboxylic acids is 1. The molecule has 0 heterocycles. The van der Waals surface area contributed by atoms with Gasteiger partial charge in [-0.2, -0.15) is 0 Å². The van der Waals surface area contributed by atoms with Gasteiger partial charge in [0.05, 0.1) is 0 Å². The van der Waals surface area contributed by atoms with Gasteiger partial charge >= 0.3 is 0 Å². The zero-order valence-corrected chi connectivity index (χ0v) is 8.02. The summed E-state index contributed by atoms with van der Waals surface area (Å²) in [7, 11) is 0. The molecule has 0 aliphatic heterocycles. The Kier molecular flexibility index (Phi) is 5.19. The Labute approximate surface area is 74.3 Å². The quantitative estimate of drug-likeness (QED) is 0.365. The van der Waals surface area contributed by atoms with Gasteiger partial charge in [-0.1, -0.05) is 19.3 Å². The molecular weight excluding hydrogens is 152 g/mol. The van der Waals surface area contributed by atoms with E-state index in [1.807, 2.05) is 0 Å². The van der Waals surface area contributed by atoms with E-state index >= 15 is 0 Å². The third kappa shape index (κ3) is 5.79. The summed E-state index contributed by atoms with van der Waals surface area (Å²) >= 11 is 0. The molecule has 2 heteroatoms. The average molecular weight is 168 g/mol. The maximum absolute atomic E-state index is 10.4. The Morgan fingerprint density at radius 2 is 2.17 bits per heavy atom. The molecule has 0 radical (unpaired) electrons. The SMILES string of the molecule is CCCCC#COC(C)(C)C=O. The van der Waals surface area contributed by atoms with Gasteiger partial charge in [-0.05, 0) is 20.3 Å². The van der Waals surface area contributed by atoms with Crippen molar-refractivity contribution in [3.05, 3.63) is 0 Å². The Balaban J connectivity index is 3.63. The van der Waals surface area contributed by atoms with Gasteiger partial charge in [-0.3, -0.25) is 4.79 Å². The fourth-order valence-electron chi connectivity index (χ4n) is 0.508. The largest absolute Gasteiger partial charge is 0.433 e. The van der Waals surface area contributed by atoms with Crippen molar-refractivity contribution in [3.8, 4) is 12.0 Å². The first kappa shape index (κ1) is 11.0.